The molecule has 0 aromatic heterocycles. The number of carbonyl (C=O) groups is 1. The van der Waals surface area contributed by atoms with E-state index in [0.717, 1.165) is 25.7 Å². The zero-order valence-corrected chi connectivity index (χ0v) is 15.0. The molecule has 2 atom stereocenters. The minimum Gasteiger partial charge on any atom is -0.481 e. The van der Waals surface area contributed by atoms with Gasteiger partial charge in [0.2, 0.25) is 0 Å². The van der Waals surface area contributed by atoms with Crippen LogP contribution in [0.2, 0.25) is 0 Å². The maximum absolute atomic E-state index is 12.7. The van der Waals surface area contributed by atoms with E-state index in [1.54, 1.807) is 36.7 Å². The molecule has 2 N–H and O–H groups in total. The van der Waals surface area contributed by atoms with Gasteiger partial charge in [-0.2, -0.15) is 0 Å². The monoisotopic (exact) mass is 351 g/mol. The molecule has 5 nitrogen and oxygen atoms in total. The average Bonchev–Trinajstić information content (AvgIpc) is 2.61. The first-order valence-corrected chi connectivity index (χ1v) is 9.32. The van der Waals surface area contributed by atoms with E-state index in [1.165, 1.54) is 0 Å². The van der Waals surface area contributed by atoms with Crippen LogP contribution in [0.4, 0.5) is 0 Å². The second-order valence-electron chi connectivity index (χ2n) is 5.30. The molecule has 132 valence electrons. The lowest BCUT2D eigenvalue weighted by molar-refractivity contribution is -0.128. The molecule has 0 heterocycles. The molecule has 0 aliphatic heterocycles. The minimum atomic E-state index is -1.53. The summed E-state index contributed by atoms with van der Waals surface area (Å²) in [5.41, 5.74) is 1.63. The van der Waals surface area contributed by atoms with Gasteiger partial charge in [-0.25, -0.2) is 5.48 Å². The quantitative estimate of drug-likeness (QED) is 0.294. The molecule has 0 aliphatic carbocycles. The zero-order chi connectivity index (χ0) is 17.8. The van der Waals surface area contributed by atoms with Crippen molar-refractivity contribution < 1.29 is 18.9 Å². The van der Waals surface area contributed by atoms with Crippen LogP contribution in [0.1, 0.15) is 46.0 Å². The predicted octanol–water partition coefficient (Wildman–Crippen LogP) is 3.04. The van der Waals surface area contributed by atoms with Crippen LogP contribution < -0.4 is 10.2 Å². The topological polar surface area (TPSA) is 75.6 Å². The minimum absolute atomic E-state index is 0.298. The molecule has 0 saturated carbocycles. The Morgan fingerprint density at radius 2 is 2.00 bits per heavy atom. The standard InChI is InChI=1S/C18H25NO4S/c1-3-5-7-8-9-17(18(20)19-21)24(22)16-12-10-15(11-13-16)23-14-6-4-2/h10-13,17,21H,3,5,7-9,14H2,1-2H3,(H,19,20)/t17-,24+/m1/s1. The Bertz CT molecular complexity index is 589. The molecule has 24 heavy (non-hydrogen) atoms. The van der Waals surface area contributed by atoms with Crippen molar-refractivity contribution in [3.05, 3.63) is 24.3 Å². The Hall–Kier alpha value is -1.84. The van der Waals surface area contributed by atoms with Gasteiger partial charge in [-0.1, -0.05) is 38.5 Å². The van der Waals surface area contributed by atoms with Gasteiger partial charge in [0.1, 0.15) is 17.6 Å². The Balaban J connectivity index is 2.73. The summed E-state index contributed by atoms with van der Waals surface area (Å²) in [6.07, 6.45) is 4.42. The van der Waals surface area contributed by atoms with Gasteiger partial charge >= 0.3 is 0 Å². The molecular formula is C18H25NO4S. The summed E-state index contributed by atoms with van der Waals surface area (Å²) < 4.78 is 18.1. The molecule has 1 aromatic carbocycles. The van der Waals surface area contributed by atoms with Crippen LogP contribution in [-0.4, -0.2) is 27.2 Å². The van der Waals surface area contributed by atoms with Gasteiger partial charge < -0.3 is 4.74 Å². The normalized spacial score (nSPS) is 12.6. The van der Waals surface area contributed by atoms with Gasteiger partial charge in [-0.3, -0.25) is 14.2 Å². The Labute approximate surface area is 146 Å². The van der Waals surface area contributed by atoms with Gasteiger partial charge in [-0.05, 0) is 37.6 Å². The van der Waals surface area contributed by atoms with Gasteiger partial charge in [0, 0.05) is 4.90 Å². The third-order valence-electron chi connectivity index (χ3n) is 3.52. The number of rotatable bonds is 10. The highest BCUT2D eigenvalue weighted by Crippen LogP contribution is 2.20. The Morgan fingerprint density at radius 1 is 1.29 bits per heavy atom. The molecule has 0 spiro atoms. The summed E-state index contributed by atoms with van der Waals surface area (Å²) in [7, 11) is -1.53. The number of carbonyl (C=O) groups excluding carboxylic acids is 1. The van der Waals surface area contributed by atoms with Crippen LogP contribution in [0.3, 0.4) is 0 Å². The highest BCUT2D eigenvalue weighted by molar-refractivity contribution is 7.86. The van der Waals surface area contributed by atoms with Crippen molar-refractivity contribution in [1.29, 1.82) is 0 Å². The van der Waals surface area contributed by atoms with Gasteiger partial charge in [0.25, 0.3) is 5.91 Å². The van der Waals surface area contributed by atoms with Crippen molar-refractivity contribution in [2.75, 3.05) is 6.61 Å². The van der Waals surface area contributed by atoms with E-state index in [0.29, 0.717) is 23.7 Å². The second-order valence-corrected chi connectivity index (χ2v) is 6.93. The number of ether oxygens (including phenoxy) is 1. The maximum Gasteiger partial charge on any atom is 0.259 e. The fourth-order valence-electron chi connectivity index (χ4n) is 2.19. The fourth-order valence-corrected chi connectivity index (χ4v) is 3.55. The molecule has 0 aliphatic rings. The van der Waals surface area contributed by atoms with Gasteiger partial charge in [0.15, 0.2) is 0 Å². The van der Waals surface area contributed by atoms with Crippen molar-refractivity contribution in [2.24, 2.45) is 0 Å². The molecule has 0 unspecified atom stereocenters. The lowest BCUT2D eigenvalue weighted by atomic mass is 10.1. The van der Waals surface area contributed by atoms with Gasteiger partial charge in [-0.15, -0.1) is 5.92 Å². The first-order valence-electron chi connectivity index (χ1n) is 8.11. The Morgan fingerprint density at radius 3 is 2.58 bits per heavy atom. The third kappa shape index (κ3) is 6.73. The van der Waals surface area contributed by atoms with Crippen molar-refractivity contribution >= 4 is 16.7 Å². The van der Waals surface area contributed by atoms with Crippen LogP contribution in [-0.2, 0) is 15.6 Å². The van der Waals surface area contributed by atoms with E-state index < -0.39 is 22.0 Å². The molecule has 1 aromatic rings. The third-order valence-corrected chi connectivity index (χ3v) is 5.23. The highest BCUT2D eigenvalue weighted by atomic mass is 32.2. The van der Waals surface area contributed by atoms with Crippen LogP contribution >= 0.6 is 0 Å². The number of hydrogen-bond donors (Lipinski definition) is 2. The van der Waals surface area contributed by atoms with Crippen molar-refractivity contribution in [2.45, 2.75) is 56.1 Å². The second kappa shape index (κ2) is 11.7. The number of amides is 1. The summed E-state index contributed by atoms with van der Waals surface area (Å²) in [5.74, 6) is 5.55. The molecule has 0 fully saturated rings. The summed E-state index contributed by atoms with van der Waals surface area (Å²) in [6.45, 7) is 4.14. The number of benzene rings is 1. The van der Waals surface area contributed by atoms with Gasteiger partial charge in [0.05, 0.1) is 10.8 Å². The van der Waals surface area contributed by atoms with E-state index in [9.17, 15) is 9.00 Å². The largest absolute Gasteiger partial charge is 0.481 e. The van der Waals surface area contributed by atoms with E-state index in [2.05, 4.69) is 18.8 Å². The average molecular weight is 351 g/mol. The lowest BCUT2D eigenvalue weighted by Gasteiger charge is -2.15. The van der Waals surface area contributed by atoms with E-state index in [4.69, 9.17) is 9.94 Å². The molecule has 0 saturated heterocycles. The first kappa shape index (κ1) is 20.2. The zero-order valence-electron chi connectivity index (χ0n) is 14.2. The van der Waals surface area contributed by atoms with Crippen molar-refractivity contribution in [3.63, 3.8) is 0 Å². The van der Waals surface area contributed by atoms with Crippen molar-refractivity contribution in [1.82, 2.24) is 5.48 Å². The molecule has 1 rings (SSSR count). The van der Waals surface area contributed by atoms with E-state index in [1.807, 2.05) is 0 Å². The predicted molar refractivity (Wildman–Crippen MR) is 94.3 cm³/mol. The smallest absolute Gasteiger partial charge is 0.259 e. The summed E-state index contributed by atoms with van der Waals surface area (Å²) in [5, 5.41) is 8.14. The Kier molecular flexibility index (Phi) is 9.81. The fraction of sp³-hybridized carbons (Fsp3) is 0.500. The molecular weight excluding hydrogens is 326 g/mol. The SMILES string of the molecule is CC#CCOc1ccc([S@](=O)[C@H](CCCCCC)C(=O)NO)cc1. The summed E-state index contributed by atoms with van der Waals surface area (Å²) >= 11 is 0. The number of hydroxylamine groups is 1. The highest BCUT2D eigenvalue weighted by Gasteiger charge is 2.25. The maximum atomic E-state index is 12.7. The lowest BCUT2D eigenvalue weighted by Crippen LogP contribution is -2.35. The molecule has 0 bridgehead atoms. The molecule has 1 amide bonds. The van der Waals surface area contributed by atoms with Crippen LogP contribution in [0.25, 0.3) is 0 Å². The summed E-state index contributed by atoms with van der Waals surface area (Å²) in [6, 6.07) is 6.76. The van der Waals surface area contributed by atoms with E-state index in [-0.39, 0.29) is 0 Å². The summed E-state index contributed by atoms with van der Waals surface area (Å²) in [4.78, 5) is 12.4. The molecule has 0 radical (unpaired) electrons. The number of hydrogen-bond acceptors (Lipinski definition) is 4. The van der Waals surface area contributed by atoms with Crippen LogP contribution in [0.15, 0.2) is 29.2 Å². The molecule has 6 heteroatoms. The first-order chi connectivity index (χ1) is 11.6. The van der Waals surface area contributed by atoms with Crippen LogP contribution in [0, 0.1) is 11.8 Å². The van der Waals surface area contributed by atoms with E-state index >= 15 is 0 Å². The van der Waals surface area contributed by atoms with Crippen molar-refractivity contribution in [3.8, 4) is 17.6 Å². The number of unbranched alkanes of at least 4 members (excludes halogenated alkanes) is 3. The number of nitrogens with one attached hydrogen (secondary N) is 1. The van der Waals surface area contributed by atoms with Crippen LogP contribution in [0.5, 0.6) is 5.75 Å².